The highest BCUT2D eigenvalue weighted by Crippen LogP contribution is 2.41. The molecule has 5 aliphatic rings. The number of carbonyl (C=O) groups excluding carboxylic acids is 3. The lowest BCUT2D eigenvalue weighted by molar-refractivity contribution is -0.141. The summed E-state index contributed by atoms with van der Waals surface area (Å²) < 4.78 is 9.07. The van der Waals surface area contributed by atoms with Crippen LogP contribution in [0.2, 0.25) is 0 Å². The molecule has 0 bridgehead atoms. The Balaban J connectivity index is 1.30. The van der Waals surface area contributed by atoms with Crippen molar-refractivity contribution in [2.75, 3.05) is 71.4 Å². The molecule has 0 spiro atoms. The van der Waals surface area contributed by atoms with Crippen molar-refractivity contribution in [3.05, 3.63) is 71.6 Å². The summed E-state index contributed by atoms with van der Waals surface area (Å²) in [7, 11) is 4.31. The Morgan fingerprint density at radius 1 is 0.795 bits per heavy atom. The van der Waals surface area contributed by atoms with E-state index < -0.39 is 17.7 Å². The average Bonchev–Trinajstić information content (AvgIpc) is 3.36. The summed E-state index contributed by atoms with van der Waals surface area (Å²) in [6.07, 6.45) is 0.231. The number of hydrogen-bond donors (Lipinski definition) is 1. The van der Waals surface area contributed by atoms with Gasteiger partial charge in [0.25, 0.3) is 5.91 Å². The van der Waals surface area contributed by atoms with Crippen LogP contribution < -0.4 is 20.3 Å². The van der Waals surface area contributed by atoms with Gasteiger partial charge in [0.1, 0.15) is 11.3 Å². The third-order valence-corrected chi connectivity index (χ3v) is 9.13. The molecule has 0 radical (unpaired) electrons. The van der Waals surface area contributed by atoms with Crippen LogP contribution in [0.5, 0.6) is 0 Å². The molecule has 0 saturated carbocycles. The number of carbonyl (C=O) groups is 3. The molecule has 226 valence electrons. The first-order valence-corrected chi connectivity index (χ1v) is 15.3. The Morgan fingerprint density at radius 2 is 1.48 bits per heavy atom. The fourth-order valence-corrected chi connectivity index (χ4v) is 6.36. The Morgan fingerprint density at radius 3 is 2.18 bits per heavy atom. The number of likely N-dealkylation sites (N-methyl/N-ethyl adjacent to an activating group) is 2. The third kappa shape index (κ3) is 5.35. The molecule has 10 heteroatoms. The second kappa shape index (κ2) is 11.5. The van der Waals surface area contributed by atoms with E-state index in [1.54, 1.807) is 12.1 Å². The maximum Gasteiger partial charge on any atom is 0.270 e. The van der Waals surface area contributed by atoms with Gasteiger partial charge in [-0.3, -0.25) is 24.7 Å². The molecule has 2 aromatic rings. The summed E-state index contributed by atoms with van der Waals surface area (Å²) in [5, 5.41) is 2.97. The van der Waals surface area contributed by atoms with E-state index in [-0.39, 0.29) is 12.8 Å². The predicted molar refractivity (Wildman–Crippen MR) is 169 cm³/mol. The standard InChI is InChI=1S/C34H36N6O4/c1-36-13-17-38(18-14-36)25-7-9-27-29(21-25)44-30-22-26(39-19-15-37(2)16-20-39)8-10-28(30)33(27)23-3-5-24(6-4-23)34(43)35-40-31(41)11-12-32(40)42/h3-10,21-22H,11-20H2,1-2H3/p+1. The van der Waals surface area contributed by atoms with Crippen molar-refractivity contribution >= 4 is 34.4 Å². The quantitative estimate of drug-likeness (QED) is 0.221. The van der Waals surface area contributed by atoms with Crippen LogP contribution in [0.1, 0.15) is 23.2 Å². The topological polar surface area (TPSA) is 92.4 Å². The molecular weight excluding hydrogens is 556 g/mol. The van der Waals surface area contributed by atoms with Gasteiger partial charge in [0.2, 0.25) is 17.2 Å². The molecule has 0 unspecified atom stereocenters. The van der Waals surface area contributed by atoms with Crippen LogP contribution in [0.3, 0.4) is 0 Å². The summed E-state index contributed by atoms with van der Waals surface area (Å²) in [4.78, 5) is 44.0. The van der Waals surface area contributed by atoms with E-state index in [9.17, 15) is 14.4 Å². The van der Waals surface area contributed by atoms with E-state index in [2.05, 4.69) is 75.2 Å². The molecule has 1 N–H and O–H groups in total. The number of fused-ring (bicyclic) bond motifs is 2. The van der Waals surface area contributed by atoms with Crippen molar-refractivity contribution in [1.82, 2.24) is 24.8 Å². The molecule has 4 heterocycles. The van der Waals surface area contributed by atoms with E-state index in [1.165, 1.54) is 0 Å². The van der Waals surface area contributed by atoms with Crippen LogP contribution in [0.25, 0.3) is 33.4 Å². The lowest BCUT2D eigenvalue weighted by atomic mass is 9.93. The number of rotatable bonds is 4. The Labute approximate surface area is 256 Å². The molecule has 3 saturated heterocycles. The fourth-order valence-electron chi connectivity index (χ4n) is 6.36. The van der Waals surface area contributed by atoms with Crippen LogP contribution in [0, 0.1) is 0 Å². The van der Waals surface area contributed by atoms with Crippen LogP contribution in [0.15, 0.2) is 65.1 Å². The van der Waals surface area contributed by atoms with Gasteiger partial charge in [-0.25, -0.2) is 4.58 Å². The minimum atomic E-state index is -0.494. The second-order valence-electron chi connectivity index (χ2n) is 12.1. The summed E-state index contributed by atoms with van der Waals surface area (Å²) in [6, 6.07) is 20.2. The minimum Gasteiger partial charge on any atom is -0.456 e. The molecule has 10 nitrogen and oxygen atoms in total. The average molecular weight is 594 g/mol. The van der Waals surface area contributed by atoms with Crippen molar-refractivity contribution in [2.24, 2.45) is 0 Å². The number of hydrogen-bond acceptors (Lipinski definition) is 7. The number of anilines is 1. The second-order valence-corrected chi connectivity index (χ2v) is 12.1. The van der Waals surface area contributed by atoms with Crippen molar-refractivity contribution in [1.29, 1.82) is 0 Å². The summed E-state index contributed by atoms with van der Waals surface area (Å²) in [6.45, 7) is 7.95. The highest BCUT2D eigenvalue weighted by Gasteiger charge is 2.31. The van der Waals surface area contributed by atoms with Gasteiger partial charge in [-0.15, -0.1) is 0 Å². The van der Waals surface area contributed by atoms with Gasteiger partial charge in [0.15, 0.2) is 13.1 Å². The molecule has 3 fully saturated rings. The van der Waals surface area contributed by atoms with E-state index >= 15 is 0 Å². The van der Waals surface area contributed by atoms with Crippen molar-refractivity contribution in [3.8, 4) is 22.5 Å². The normalized spacial score (nSPS) is 18.5. The Bertz CT molecular complexity index is 1780. The SMILES string of the molecule is CN1CCN(c2ccc3c(-c4ccc(C(=O)NN5C(=O)CCC5=O)cc4)c4ccc(=[N+]5CCN(C)CC5)cc-4oc3c2)CC1. The first-order valence-electron chi connectivity index (χ1n) is 15.3. The van der Waals surface area contributed by atoms with E-state index in [0.29, 0.717) is 5.56 Å². The summed E-state index contributed by atoms with van der Waals surface area (Å²) in [5.41, 5.74) is 7.76. The Hall–Kier alpha value is -4.54. The number of nitrogens with one attached hydrogen (secondary N) is 1. The highest BCUT2D eigenvalue weighted by atomic mass is 16.3. The van der Waals surface area contributed by atoms with E-state index in [4.69, 9.17) is 4.42 Å². The molecule has 3 amide bonds. The summed E-state index contributed by atoms with van der Waals surface area (Å²) in [5.74, 6) is -0.463. The predicted octanol–water partition coefficient (Wildman–Crippen LogP) is 2.47. The zero-order valence-corrected chi connectivity index (χ0v) is 25.2. The number of benzene rings is 3. The third-order valence-electron chi connectivity index (χ3n) is 9.13. The van der Waals surface area contributed by atoms with Gasteiger partial charge < -0.3 is 14.2 Å². The highest BCUT2D eigenvalue weighted by molar-refractivity contribution is 6.06. The minimum absolute atomic E-state index is 0.115. The van der Waals surface area contributed by atoms with Crippen molar-refractivity contribution < 1.29 is 18.8 Å². The van der Waals surface area contributed by atoms with Crippen LogP contribution >= 0.6 is 0 Å². The van der Waals surface area contributed by atoms with Crippen molar-refractivity contribution in [2.45, 2.75) is 12.8 Å². The molecule has 0 atom stereocenters. The van der Waals surface area contributed by atoms with Crippen LogP contribution in [0.4, 0.5) is 5.69 Å². The van der Waals surface area contributed by atoms with Crippen LogP contribution in [-0.4, -0.2) is 99.0 Å². The molecule has 4 aliphatic heterocycles. The number of hydrazine groups is 1. The zero-order chi connectivity index (χ0) is 30.4. The first kappa shape index (κ1) is 28.2. The maximum absolute atomic E-state index is 12.9. The molecular formula is C34H37N6O4+. The largest absolute Gasteiger partial charge is 0.456 e. The lowest BCUT2D eigenvalue weighted by Gasteiger charge is -2.34. The number of piperazine rings is 2. The molecule has 2 aromatic carbocycles. The van der Waals surface area contributed by atoms with Gasteiger partial charge in [-0.2, -0.15) is 5.01 Å². The molecule has 44 heavy (non-hydrogen) atoms. The van der Waals surface area contributed by atoms with Crippen molar-refractivity contribution in [3.63, 3.8) is 0 Å². The van der Waals surface area contributed by atoms with Gasteiger partial charge in [0.05, 0.1) is 19.2 Å². The maximum atomic E-state index is 12.9. The van der Waals surface area contributed by atoms with Gasteiger partial charge in [0, 0.05) is 78.9 Å². The molecule has 7 rings (SSSR count). The fraction of sp³-hybridized carbons (Fsp3) is 0.353. The monoisotopic (exact) mass is 593 g/mol. The smallest absolute Gasteiger partial charge is 0.270 e. The summed E-state index contributed by atoms with van der Waals surface area (Å²) >= 11 is 0. The van der Waals surface area contributed by atoms with Gasteiger partial charge in [-0.1, -0.05) is 12.1 Å². The van der Waals surface area contributed by atoms with E-state index in [1.807, 2.05) is 12.1 Å². The molecule has 1 aliphatic carbocycles. The van der Waals surface area contributed by atoms with E-state index in [0.717, 1.165) is 102 Å². The number of nitrogens with zero attached hydrogens (tertiary/aromatic N) is 5. The molecule has 0 aromatic heterocycles. The van der Waals surface area contributed by atoms with Gasteiger partial charge in [-0.05, 0) is 50.0 Å². The lowest BCUT2D eigenvalue weighted by Crippen LogP contribution is -2.46. The number of amides is 3. The first-order chi connectivity index (χ1) is 21.3. The number of imide groups is 1. The van der Waals surface area contributed by atoms with Gasteiger partial charge >= 0.3 is 0 Å². The van der Waals surface area contributed by atoms with Crippen LogP contribution in [-0.2, 0) is 9.59 Å². The zero-order valence-electron chi connectivity index (χ0n) is 25.2. The Kier molecular flexibility index (Phi) is 7.39.